The molecule has 1 amide bonds. The van der Waals surface area contributed by atoms with Crippen LogP contribution in [0.15, 0.2) is 12.7 Å². The Labute approximate surface area is 89.7 Å². The second kappa shape index (κ2) is 6.19. The van der Waals surface area contributed by atoms with Crippen LogP contribution in [0, 0.1) is 5.41 Å². The van der Waals surface area contributed by atoms with E-state index in [1.54, 1.807) is 13.8 Å². The maximum atomic E-state index is 11.4. The number of hydrogen-bond acceptors (Lipinski definition) is 4. The van der Waals surface area contributed by atoms with Crippen LogP contribution in [0.25, 0.3) is 0 Å². The van der Waals surface area contributed by atoms with Crippen LogP contribution in [0.3, 0.4) is 0 Å². The zero-order valence-corrected chi connectivity index (χ0v) is 9.21. The van der Waals surface area contributed by atoms with Gasteiger partial charge in [-0.15, -0.1) is 0 Å². The second-order valence-electron chi connectivity index (χ2n) is 3.72. The van der Waals surface area contributed by atoms with Crippen LogP contribution in [0.2, 0.25) is 0 Å². The predicted octanol–water partition coefficient (Wildman–Crippen LogP) is -0.183. The highest BCUT2D eigenvalue weighted by atomic mass is 16.5. The Bertz CT molecular complexity index is 249. The van der Waals surface area contributed by atoms with Crippen molar-refractivity contribution in [2.75, 3.05) is 19.7 Å². The molecular formula is C10H18N2O3. The third-order valence-corrected chi connectivity index (χ3v) is 1.88. The summed E-state index contributed by atoms with van der Waals surface area (Å²) in [6, 6.07) is 0. The molecule has 0 unspecified atom stereocenters. The minimum absolute atomic E-state index is 0.141. The molecule has 0 saturated carbocycles. The van der Waals surface area contributed by atoms with Gasteiger partial charge in [-0.3, -0.25) is 9.59 Å². The zero-order chi connectivity index (χ0) is 11.9. The van der Waals surface area contributed by atoms with Crippen LogP contribution < -0.4 is 11.1 Å². The summed E-state index contributed by atoms with van der Waals surface area (Å²) in [5.41, 5.74) is 4.72. The lowest BCUT2D eigenvalue weighted by atomic mass is 9.94. The maximum Gasteiger partial charge on any atom is 0.312 e. The molecule has 0 aromatic rings. The Balaban J connectivity index is 3.73. The van der Waals surface area contributed by atoms with Crippen LogP contribution in [0.1, 0.15) is 13.8 Å². The van der Waals surface area contributed by atoms with Crippen LogP contribution >= 0.6 is 0 Å². The van der Waals surface area contributed by atoms with Crippen molar-refractivity contribution in [3.05, 3.63) is 12.7 Å². The summed E-state index contributed by atoms with van der Waals surface area (Å²) < 4.78 is 4.92. The Morgan fingerprint density at radius 3 is 2.60 bits per heavy atom. The van der Waals surface area contributed by atoms with Crippen molar-refractivity contribution in [3.8, 4) is 0 Å². The van der Waals surface area contributed by atoms with Crippen molar-refractivity contribution < 1.29 is 14.3 Å². The van der Waals surface area contributed by atoms with Gasteiger partial charge in [0.1, 0.15) is 6.61 Å². The molecule has 0 fully saturated rings. The molecule has 0 aliphatic rings. The van der Waals surface area contributed by atoms with E-state index in [4.69, 9.17) is 10.5 Å². The number of hydrogen-bond donors (Lipinski definition) is 2. The van der Waals surface area contributed by atoms with Gasteiger partial charge in [0.15, 0.2) is 0 Å². The molecular weight excluding hydrogens is 196 g/mol. The number of nitrogens with one attached hydrogen (secondary N) is 1. The molecule has 0 saturated heterocycles. The Kier molecular flexibility index (Phi) is 5.62. The molecule has 0 heterocycles. The number of carbonyl (C=O) groups is 2. The number of rotatable bonds is 6. The molecule has 0 rings (SSSR count). The summed E-state index contributed by atoms with van der Waals surface area (Å²) in [5.74, 6) is -0.651. The van der Waals surface area contributed by atoms with Crippen molar-refractivity contribution in [1.29, 1.82) is 0 Å². The van der Waals surface area contributed by atoms with Gasteiger partial charge >= 0.3 is 5.97 Å². The van der Waals surface area contributed by atoms with Gasteiger partial charge in [0.05, 0.1) is 12.0 Å². The van der Waals surface area contributed by atoms with E-state index in [0.29, 0.717) is 0 Å². The molecule has 3 N–H and O–H groups in total. The first kappa shape index (κ1) is 13.6. The molecule has 0 aliphatic carbocycles. The maximum absolute atomic E-state index is 11.4. The Hall–Kier alpha value is -1.36. The zero-order valence-electron chi connectivity index (χ0n) is 9.21. The first-order chi connectivity index (χ1) is 6.94. The van der Waals surface area contributed by atoms with Crippen LogP contribution in [-0.4, -0.2) is 31.6 Å². The highest BCUT2D eigenvalue weighted by molar-refractivity contribution is 5.86. The average molecular weight is 214 g/mol. The van der Waals surface area contributed by atoms with Gasteiger partial charge < -0.3 is 15.8 Å². The largest absolute Gasteiger partial charge is 0.463 e. The third-order valence-electron chi connectivity index (χ3n) is 1.88. The summed E-state index contributed by atoms with van der Waals surface area (Å²) in [6.07, 6.45) is 1.16. The lowest BCUT2D eigenvalue weighted by Gasteiger charge is -2.19. The number of carbonyl (C=O) groups excluding carboxylic acids is 2. The lowest BCUT2D eigenvalue weighted by Crippen LogP contribution is -2.36. The van der Waals surface area contributed by atoms with Crippen molar-refractivity contribution >= 4 is 11.9 Å². The average Bonchev–Trinajstić information content (AvgIpc) is 2.23. The van der Waals surface area contributed by atoms with E-state index < -0.39 is 5.41 Å². The van der Waals surface area contributed by atoms with Gasteiger partial charge in [0, 0.05) is 6.54 Å². The fourth-order valence-electron chi connectivity index (χ4n) is 0.669. The molecule has 0 aromatic carbocycles. The molecule has 15 heavy (non-hydrogen) atoms. The van der Waals surface area contributed by atoms with Gasteiger partial charge in [-0.25, -0.2) is 0 Å². The second-order valence-corrected chi connectivity index (χ2v) is 3.72. The van der Waals surface area contributed by atoms with Crippen LogP contribution in [0.5, 0.6) is 0 Å². The monoisotopic (exact) mass is 214 g/mol. The summed E-state index contributed by atoms with van der Waals surface area (Å²) in [4.78, 5) is 22.1. The van der Waals surface area contributed by atoms with Gasteiger partial charge in [-0.2, -0.15) is 0 Å². The molecule has 0 aromatic heterocycles. The van der Waals surface area contributed by atoms with E-state index in [9.17, 15) is 9.59 Å². The molecule has 0 bridgehead atoms. The van der Waals surface area contributed by atoms with E-state index in [2.05, 4.69) is 11.9 Å². The molecule has 0 aliphatic heterocycles. The Morgan fingerprint density at radius 2 is 2.13 bits per heavy atom. The quantitative estimate of drug-likeness (QED) is 0.365. The SMILES string of the molecule is C=CC(=O)NCCOC(=O)C(C)(C)CN. The van der Waals surface area contributed by atoms with Crippen molar-refractivity contribution in [3.63, 3.8) is 0 Å². The normalized spacial score (nSPS) is 10.6. The smallest absolute Gasteiger partial charge is 0.312 e. The van der Waals surface area contributed by atoms with Gasteiger partial charge in [-0.1, -0.05) is 6.58 Å². The molecule has 86 valence electrons. The highest BCUT2D eigenvalue weighted by Crippen LogP contribution is 2.14. The van der Waals surface area contributed by atoms with Crippen molar-refractivity contribution in [2.24, 2.45) is 11.1 Å². The van der Waals surface area contributed by atoms with Crippen molar-refractivity contribution in [1.82, 2.24) is 5.32 Å². The summed E-state index contributed by atoms with van der Waals surface area (Å²) in [5, 5.41) is 2.49. The van der Waals surface area contributed by atoms with Crippen LogP contribution in [-0.2, 0) is 14.3 Å². The Morgan fingerprint density at radius 1 is 1.53 bits per heavy atom. The van der Waals surface area contributed by atoms with E-state index in [-0.39, 0.29) is 31.6 Å². The van der Waals surface area contributed by atoms with Crippen molar-refractivity contribution in [2.45, 2.75) is 13.8 Å². The fourth-order valence-corrected chi connectivity index (χ4v) is 0.669. The standard InChI is InChI=1S/C10H18N2O3/c1-4-8(13)12-5-6-15-9(14)10(2,3)7-11/h4H,1,5-7,11H2,2-3H3,(H,12,13). The van der Waals surface area contributed by atoms with Gasteiger partial charge in [0.25, 0.3) is 0 Å². The first-order valence-electron chi connectivity index (χ1n) is 4.71. The highest BCUT2D eigenvalue weighted by Gasteiger charge is 2.27. The van der Waals surface area contributed by atoms with Gasteiger partial charge in [-0.05, 0) is 19.9 Å². The lowest BCUT2D eigenvalue weighted by molar-refractivity contribution is -0.153. The fraction of sp³-hybridized carbons (Fsp3) is 0.600. The molecule has 5 heteroatoms. The minimum Gasteiger partial charge on any atom is -0.463 e. The van der Waals surface area contributed by atoms with E-state index >= 15 is 0 Å². The number of ether oxygens (including phenoxy) is 1. The first-order valence-corrected chi connectivity index (χ1v) is 4.71. The van der Waals surface area contributed by atoms with E-state index in [0.717, 1.165) is 6.08 Å². The summed E-state index contributed by atoms with van der Waals surface area (Å²) in [7, 11) is 0. The van der Waals surface area contributed by atoms with E-state index in [1.807, 2.05) is 0 Å². The third kappa shape index (κ3) is 5.17. The molecule has 0 radical (unpaired) electrons. The number of esters is 1. The number of nitrogens with two attached hydrogens (primary N) is 1. The van der Waals surface area contributed by atoms with E-state index in [1.165, 1.54) is 0 Å². The van der Waals surface area contributed by atoms with Gasteiger partial charge in [0.2, 0.25) is 5.91 Å². The molecule has 5 nitrogen and oxygen atoms in total. The predicted molar refractivity (Wildman–Crippen MR) is 57.0 cm³/mol. The molecule has 0 atom stereocenters. The number of amides is 1. The van der Waals surface area contributed by atoms with Crippen LogP contribution in [0.4, 0.5) is 0 Å². The summed E-state index contributed by atoms with van der Waals surface area (Å²) in [6.45, 7) is 7.35. The molecule has 0 spiro atoms. The summed E-state index contributed by atoms with van der Waals surface area (Å²) >= 11 is 0. The topological polar surface area (TPSA) is 81.4 Å². The minimum atomic E-state index is -0.678.